The van der Waals surface area contributed by atoms with E-state index in [1.807, 2.05) is 24.3 Å². The van der Waals surface area contributed by atoms with E-state index in [1.54, 1.807) is 24.2 Å². The number of carbonyl (C=O) groups is 4. The lowest BCUT2D eigenvalue weighted by Gasteiger charge is -2.16. The zero-order chi connectivity index (χ0) is 31.3. The molecular weight excluding hydrogens is 574 g/mol. The second kappa shape index (κ2) is 13.7. The Morgan fingerprint density at radius 3 is 2.12 bits per heavy atom. The molecule has 2 atom stereocenters. The zero-order valence-corrected chi connectivity index (χ0v) is 25.2. The molecule has 0 aliphatic carbocycles. The van der Waals surface area contributed by atoms with Gasteiger partial charge in [0.2, 0.25) is 5.91 Å². The summed E-state index contributed by atoms with van der Waals surface area (Å²) < 4.78 is 18.4. The van der Waals surface area contributed by atoms with E-state index in [1.165, 1.54) is 25.2 Å². The Morgan fingerprint density at radius 1 is 0.907 bits per heavy atom. The number of carboxylic acids is 2. The fourth-order valence-electron chi connectivity index (χ4n) is 4.73. The first-order chi connectivity index (χ1) is 20.5. The molecule has 3 aromatic rings. The van der Waals surface area contributed by atoms with Gasteiger partial charge in [-0.25, -0.2) is 0 Å². The van der Waals surface area contributed by atoms with Crippen molar-refractivity contribution in [2.45, 2.75) is 46.2 Å². The highest BCUT2D eigenvalue weighted by molar-refractivity contribution is 7.20. The Labute approximate surface area is 253 Å². The molecule has 0 saturated carbocycles. The first-order valence-electron chi connectivity index (χ1n) is 13.9. The normalized spacial score (nSPS) is 13.7. The Morgan fingerprint density at radius 2 is 1.51 bits per heavy atom. The molecule has 0 radical (unpaired) electrons. The van der Waals surface area contributed by atoms with Crippen LogP contribution in [0.2, 0.25) is 0 Å². The number of carbonyl (C=O) groups excluding carboxylic acids is 2. The van der Waals surface area contributed by atoms with Crippen molar-refractivity contribution in [3.63, 3.8) is 0 Å². The van der Waals surface area contributed by atoms with Crippen molar-refractivity contribution in [2.24, 2.45) is 11.8 Å². The van der Waals surface area contributed by atoms with Gasteiger partial charge in [0.15, 0.2) is 17.3 Å². The summed E-state index contributed by atoms with van der Waals surface area (Å²) in [5, 5.41) is 19.1. The van der Waals surface area contributed by atoms with Crippen molar-refractivity contribution in [1.82, 2.24) is 4.90 Å². The first-order valence-corrected chi connectivity index (χ1v) is 14.7. The van der Waals surface area contributed by atoms with Gasteiger partial charge < -0.3 is 29.3 Å². The number of benzene rings is 2. The lowest BCUT2D eigenvalue weighted by Crippen LogP contribution is -2.28. The highest BCUT2D eigenvalue weighted by atomic mass is 32.1. The van der Waals surface area contributed by atoms with Crippen molar-refractivity contribution in [1.29, 1.82) is 0 Å². The van der Waals surface area contributed by atoms with Crippen LogP contribution < -0.4 is 14.2 Å². The van der Waals surface area contributed by atoms with Gasteiger partial charge in [0, 0.05) is 42.6 Å². The number of ether oxygens (including phenoxy) is 3. The summed E-state index contributed by atoms with van der Waals surface area (Å²) in [5.74, 6) is -2.19. The fourth-order valence-corrected chi connectivity index (χ4v) is 5.77. The van der Waals surface area contributed by atoms with Crippen LogP contribution in [0.5, 0.6) is 17.2 Å². The molecule has 2 aromatic carbocycles. The number of ketones is 1. The molecule has 1 amide bonds. The van der Waals surface area contributed by atoms with Crippen molar-refractivity contribution >= 4 is 51.1 Å². The van der Waals surface area contributed by atoms with Gasteiger partial charge in [-0.3, -0.25) is 19.2 Å². The van der Waals surface area contributed by atoms with Gasteiger partial charge in [0.05, 0.1) is 37.0 Å². The lowest BCUT2D eigenvalue weighted by atomic mass is 10.0. The fraction of sp³-hybridized carbons (Fsp3) is 0.375. The molecule has 1 aliphatic heterocycles. The highest BCUT2D eigenvalue weighted by Gasteiger charge is 2.28. The van der Waals surface area contributed by atoms with Crippen molar-refractivity contribution in [3.8, 4) is 17.2 Å². The SMILES string of the molecule is C=Cc1cc2sc(C(=O)CC(C)C(=O)O)cc2cc1OCCCOc1cc2c(cc1OC)CN(C(=O)CC(C)C(=O)O)C2. The molecule has 10 nitrogen and oxygen atoms in total. The van der Waals surface area contributed by atoms with E-state index in [2.05, 4.69) is 6.58 Å². The standard InChI is InChI=1S/C32H35NO9S/c1-5-20-14-28-21(15-29(43-28)24(34)9-18(2)31(36)37)11-25(20)41-7-6-8-42-27-13-23-17-33(16-22(23)12-26(27)40-4)30(35)10-19(3)32(38)39/h5,11-15,18-19H,1,6-10,16-17H2,2-4H3,(H,36,37)(H,38,39). The van der Waals surface area contributed by atoms with Crippen LogP contribution in [0.3, 0.4) is 0 Å². The van der Waals surface area contributed by atoms with Gasteiger partial charge in [-0.05, 0) is 46.8 Å². The number of nitrogens with zero attached hydrogens (tertiary/aromatic N) is 1. The number of fused-ring (bicyclic) bond motifs is 2. The molecular formula is C32H35NO9S. The monoisotopic (exact) mass is 609 g/mol. The minimum atomic E-state index is -1.000. The second-order valence-electron chi connectivity index (χ2n) is 10.6. The third kappa shape index (κ3) is 7.53. The molecule has 0 spiro atoms. The van der Waals surface area contributed by atoms with Crippen LogP contribution >= 0.6 is 11.3 Å². The van der Waals surface area contributed by atoms with Gasteiger partial charge in [-0.1, -0.05) is 26.5 Å². The predicted molar refractivity (Wildman–Crippen MR) is 162 cm³/mol. The third-order valence-corrected chi connectivity index (χ3v) is 8.46. The van der Waals surface area contributed by atoms with E-state index in [4.69, 9.17) is 24.4 Å². The molecule has 0 saturated heterocycles. The molecule has 0 fully saturated rings. The average molecular weight is 610 g/mol. The number of aliphatic carboxylic acids is 2. The first kappa shape index (κ1) is 31.6. The summed E-state index contributed by atoms with van der Waals surface area (Å²) in [5.41, 5.74) is 2.65. The maximum atomic E-state index is 12.6. The summed E-state index contributed by atoms with van der Waals surface area (Å²) in [6.07, 6.45) is 2.14. The molecule has 2 N–H and O–H groups in total. The topological polar surface area (TPSA) is 140 Å². The van der Waals surface area contributed by atoms with Gasteiger partial charge in [0.1, 0.15) is 5.75 Å². The molecule has 2 heterocycles. The minimum Gasteiger partial charge on any atom is -0.493 e. The maximum absolute atomic E-state index is 12.6. The Balaban J connectivity index is 1.34. The van der Waals surface area contributed by atoms with Crippen LogP contribution in [-0.4, -0.2) is 59.1 Å². The Bertz CT molecular complexity index is 1560. The zero-order valence-electron chi connectivity index (χ0n) is 24.4. The van der Waals surface area contributed by atoms with Crippen LogP contribution in [0.1, 0.15) is 59.5 Å². The quantitative estimate of drug-likeness (QED) is 0.165. The largest absolute Gasteiger partial charge is 0.493 e. The summed E-state index contributed by atoms with van der Waals surface area (Å²) in [6, 6.07) is 9.24. The van der Waals surface area contributed by atoms with Crippen molar-refractivity contribution in [3.05, 3.63) is 58.5 Å². The number of thiophene rings is 1. The lowest BCUT2D eigenvalue weighted by molar-refractivity contribution is -0.145. The molecule has 43 heavy (non-hydrogen) atoms. The van der Waals surface area contributed by atoms with Gasteiger partial charge in [-0.2, -0.15) is 0 Å². The van der Waals surface area contributed by atoms with E-state index >= 15 is 0 Å². The summed E-state index contributed by atoms with van der Waals surface area (Å²) in [6.45, 7) is 8.38. The summed E-state index contributed by atoms with van der Waals surface area (Å²) >= 11 is 1.32. The van der Waals surface area contributed by atoms with E-state index in [0.717, 1.165) is 26.8 Å². The second-order valence-corrected chi connectivity index (χ2v) is 11.7. The van der Waals surface area contributed by atoms with E-state index in [0.29, 0.717) is 54.8 Å². The van der Waals surface area contributed by atoms with Crippen molar-refractivity contribution in [2.75, 3.05) is 20.3 Å². The molecule has 11 heteroatoms. The Kier molecular flexibility index (Phi) is 10.1. The van der Waals surface area contributed by atoms with Crippen LogP contribution in [0, 0.1) is 11.8 Å². The van der Waals surface area contributed by atoms with Gasteiger partial charge >= 0.3 is 11.9 Å². The molecule has 0 bridgehead atoms. The molecule has 228 valence electrons. The summed E-state index contributed by atoms with van der Waals surface area (Å²) in [7, 11) is 1.55. The Hall–Kier alpha value is -4.38. The number of hydrogen-bond acceptors (Lipinski definition) is 8. The number of methoxy groups -OCH3 is 1. The van der Waals surface area contributed by atoms with Gasteiger partial charge in [0.25, 0.3) is 0 Å². The number of Topliss-reactive ketones (excluding diaryl/α,β-unsaturated/α-hetero) is 1. The number of amides is 1. The maximum Gasteiger partial charge on any atom is 0.306 e. The van der Waals surface area contributed by atoms with Crippen LogP contribution in [0.25, 0.3) is 16.2 Å². The molecule has 4 rings (SSSR count). The number of carboxylic acid groups (broad SMARTS) is 2. The highest BCUT2D eigenvalue weighted by Crippen LogP contribution is 2.36. The predicted octanol–water partition coefficient (Wildman–Crippen LogP) is 5.65. The minimum absolute atomic E-state index is 0.0535. The van der Waals surface area contributed by atoms with Crippen molar-refractivity contribution < 1.29 is 43.6 Å². The molecule has 1 aliphatic rings. The third-order valence-electron chi connectivity index (χ3n) is 7.32. The van der Waals surface area contributed by atoms with E-state index < -0.39 is 23.8 Å². The summed E-state index contributed by atoms with van der Waals surface area (Å²) in [4.78, 5) is 49.6. The molecule has 1 aromatic heterocycles. The van der Waals surface area contributed by atoms with Crippen LogP contribution in [0.15, 0.2) is 36.9 Å². The van der Waals surface area contributed by atoms with Crippen LogP contribution in [-0.2, 0) is 27.5 Å². The van der Waals surface area contributed by atoms with Gasteiger partial charge in [-0.15, -0.1) is 11.3 Å². The smallest absolute Gasteiger partial charge is 0.306 e. The molecule has 2 unspecified atom stereocenters. The number of rotatable bonds is 15. The number of hydrogen-bond donors (Lipinski definition) is 2. The average Bonchev–Trinajstić information content (AvgIpc) is 3.59. The van der Waals surface area contributed by atoms with E-state index in [9.17, 15) is 19.2 Å². The van der Waals surface area contributed by atoms with E-state index in [-0.39, 0.29) is 24.5 Å². The van der Waals surface area contributed by atoms with Crippen LogP contribution in [0.4, 0.5) is 0 Å².